The number of nitro groups is 1. The maximum atomic E-state index is 10.5. The first-order valence-electron chi connectivity index (χ1n) is 3.62. The second-order valence-electron chi connectivity index (χ2n) is 2.45. The fourth-order valence-electron chi connectivity index (χ4n) is 0.936. The highest BCUT2D eigenvalue weighted by Gasteiger charge is 2.19. The summed E-state index contributed by atoms with van der Waals surface area (Å²) in [6.45, 7) is -0.363. The van der Waals surface area contributed by atoms with E-state index in [-0.39, 0.29) is 18.0 Å². The average Bonchev–Trinajstić information content (AvgIpc) is 2.16. The highest BCUT2D eigenvalue weighted by Crippen LogP contribution is 2.19. The van der Waals surface area contributed by atoms with E-state index in [9.17, 15) is 10.1 Å². The van der Waals surface area contributed by atoms with Crippen molar-refractivity contribution in [3.63, 3.8) is 0 Å². The molecule has 0 aliphatic heterocycles. The molecule has 0 aromatic carbocycles. The molecule has 6 nitrogen and oxygen atoms in total. The molecule has 13 heavy (non-hydrogen) atoms. The van der Waals surface area contributed by atoms with Crippen molar-refractivity contribution in [1.82, 2.24) is 4.98 Å². The van der Waals surface area contributed by atoms with Crippen LogP contribution in [0.15, 0.2) is 18.3 Å². The van der Waals surface area contributed by atoms with Crippen LogP contribution in [0.5, 0.6) is 0 Å². The molecule has 1 aromatic heterocycles. The van der Waals surface area contributed by atoms with E-state index in [4.69, 9.17) is 10.8 Å². The van der Waals surface area contributed by atoms with E-state index in [2.05, 4.69) is 4.98 Å². The number of aliphatic hydroxyl groups excluding tert-OH is 1. The molecule has 1 atom stereocenters. The fraction of sp³-hybridized carbons (Fsp3) is 0.286. The summed E-state index contributed by atoms with van der Waals surface area (Å²) in [5.74, 6) is 0. The van der Waals surface area contributed by atoms with Gasteiger partial charge in [-0.15, -0.1) is 0 Å². The molecule has 0 saturated heterocycles. The van der Waals surface area contributed by atoms with Crippen molar-refractivity contribution in [2.24, 2.45) is 5.73 Å². The van der Waals surface area contributed by atoms with Crippen LogP contribution in [0.25, 0.3) is 0 Å². The van der Waals surface area contributed by atoms with E-state index in [1.807, 2.05) is 0 Å². The Kier molecular flexibility index (Phi) is 2.88. The second kappa shape index (κ2) is 3.92. The molecule has 70 valence electrons. The molecule has 0 amide bonds. The van der Waals surface area contributed by atoms with Crippen molar-refractivity contribution < 1.29 is 10.0 Å². The van der Waals surface area contributed by atoms with Gasteiger partial charge in [0.15, 0.2) is 0 Å². The molecule has 1 heterocycles. The van der Waals surface area contributed by atoms with E-state index >= 15 is 0 Å². The lowest BCUT2D eigenvalue weighted by molar-refractivity contribution is -0.386. The Morgan fingerprint density at radius 3 is 3.00 bits per heavy atom. The monoisotopic (exact) mass is 183 g/mol. The molecule has 0 unspecified atom stereocenters. The maximum Gasteiger partial charge on any atom is 0.292 e. The van der Waals surface area contributed by atoms with Gasteiger partial charge in [0.2, 0.25) is 0 Å². The van der Waals surface area contributed by atoms with Crippen LogP contribution in [0, 0.1) is 10.1 Å². The normalized spacial score (nSPS) is 12.5. The molecule has 1 rings (SSSR count). The minimum Gasteiger partial charge on any atom is -0.394 e. The van der Waals surface area contributed by atoms with Crippen LogP contribution in [-0.2, 0) is 0 Å². The predicted octanol–water partition coefficient (Wildman–Crippen LogP) is -0.0181. The lowest BCUT2D eigenvalue weighted by atomic mass is 10.2. The van der Waals surface area contributed by atoms with Crippen molar-refractivity contribution in [3.8, 4) is 0 Å². The number of aliphatic hydroxyl groups is 1. The molecular weight excluding hydrogens is 174 g/mol. The summed E-state index contributed by atoms with van der Waals surface area (Å²) in [5.41, 5.74) is 5.36. The van der Waals surface area contributed by atoms with E-state index in [1.54, 1.807) is 0 Å². The van der Waals surface area contributed by atoms with E-state index in [0.29, 0.717) is 0 Å². The summed E-state index contributed by atoms with van der Waals surface area (Å²) in [5, 5.41) is 19.2. The number of hydrogen-bond donors (Lipinski definition) is 2. The van der Waals surface area contributed by atoms with Gasteiger partial charge < -0.3 is 10.8 Å². The van der Waals surface area contributed by atoms with Gasteiger partial charge >= 0.3 is 0 Å². The summed E-state index contributed by atoms with van der Waals surface area (Å²) in [6.07, 6.45) is 1.40. The van der Waals surface area contributed by atoms with Gasteiger partial charge in [0.25, 0.3) is 5.69 Å². The summed E-state index contributed by atoms with van der Waals surface area (Å²) >= 11 is 0. The Labute approximate surface area is 74.2 Å². The number of nitrogens with zero attached hydrogens (tertiary/aromatic N) is 2. The SMILES string of the molecule is N[C@H](CO)c1ncccc1[N+](=O)[O-]. The maximum absolute atomic E-state index is 10.5. The Morgan fingerprint density at radius 2 is 2.46 bits per heavy atom. The molecule has 1 aromatic rings. The van der Waals surface area contributed by atoms with E-state index < -0.39 is 11.0 Å². The van der Waals surface area contributed by atoms with Crippen LogP contribution in [-0.4, -0.2) is 21.6 Å². The largest absolute Gasteiger partial charge is 0.394 e. The highest BCUT2D eigenvalue weighted by atomic mass is 16.6. The summed E-state index contributed by atoms with van der Waals surface area (Å²) < 4.78 is 0. The zero-order valence-corrected chi connectivity index (χ0v) is 6.75. The first-order chi connectivity index (χ1) is 6.16. The lowest BCUT2D eigenvalue weighted by Crippen LogP contribution is -2.17. The molecule has 0 bridgehead atoms. The second-order valence-corrected chi connectivity index (χ2v) is 2.45. The molecule has 0 saturated carbocycles. The van der Waals surface area contributed by atoms with Gasteiger partial charge in [-0.25, -0.2) is 0 Å². The number of nitrogens with two attached hydrogens (primary N) is 1. The smallest absolute Gasteiger partial charge is 0.292 e. The van der Waals surface area contributed by atoms with Crippen molar-refractivity contribution >= 4 is 5.69 Å². The van der Waals surface area contributed by atoms with Crippen LogP contribution >= 0.6 is 0 Å². The van der Waals surface area contributed by atoms with Gasteiger partial charge in [0, 0.05) is 12.3 Å². The third-order valence-corrected chi connectivity index (χ3v) is 1.56. The van der Waals surface area contributed by atoms with Gasteiger partial charge in [-0.05, 0) is 6.07 Å². The predicted molar refractivity (Wildman–Crippen MR) is 44.9 cm³/mol. The first-order valence-corrected chi connectivity index (χ1v) is 3.62. The van der Waals surface area contributed by atoms with Crippen LogP contribution in [0.4, 0.5) is 5.69 Å². The number of rotatable bonds is 3. The van der Waals surface area contributed by atoms with Crippen LogP contribution < -0.4 is 5.73 Å². The van der Waals surface area contributed by atoms with Crippen LogP contribution in [0.1, 0.15) is 11.7 Å². The molecule has 0 fully saturated rings. The molecule has 3 N–H and O–H groups in total. The minimum absolute atomic E-state index is 0.106. The average molecular weight is 183 g/mol. The molecule has 0 aliphatic rings. The van der Waals surface area contributed by atoms with Crippen molar-refractivity contribution in [2.75, 3.05) is 6.61 Å². The Hall–Kier alpha value is -1.53. The fourth-order valence-corrected chi connectivity index (χ4v) is 0.936. The zero-order chi connectivity index (χ0) is 9.84. The number of hydrogen-bond acceptors (Lipinski definition) is 5. The third-order valence-electron chi connectivity index (χ3n) is 1.56. The van der Waals surface area contributed by atoms with Crippen molar-refractivity contribution in [3.05, 3.63) is 34.1 Å². The number of aromatic nitrogens is 1. The molecule has 0 spiro atoms. The Bertz CT molecular complexity index is 316. The zero-order valence-electron chi connectivity index (χ0n) is 6.75. The summed E-state index contributed by atoms with van der Waals surface area (Å²) in [6, 6.07) is 1.95. The minimum atomic E-state index is -0.804. The summed E-state index contributed by atoms with van der Waals surface area (Å²) in [4.78, 5) is 13.6. The molecule has 0 aliphatic carbocycles. The Balaban J connectivity index is 3.11. The van der Waals surface area contributed by atoms with E-state index in [1.165, 1.54) is 18.3 Å². The first kappa shape index (κ1) is 9.56. The van der Waals surface area contributed by atoms with Gasteiger partial charge in [-0.1, -0.05) is 0 Å². The van der Waals surface area contributed by atoms with Gasteiger partial charge in [0.1, 0.15) is 5.69 Å². The van der Waals surface area contributed by atoms with Crippen molar-refractivity contribution in [1.29, 1.82) is 0 Å². The topological polar surface area (TPSA) is 102 Å². The molecule has 6 heteroatoms. The standard InChI is InChI=1S/C7H9N3O3/c8-5(4-11)7-6(10(12)13)2-1-3-9-7/h1-3,5,11H,4,8H2/t5-/m1/s1. The quantitative estimate of drug-likeness (QED) is 0.506. The van der Waals surface area contributed by atoms with Crippen molar-refractivity contribution in [2.45, 2.75) is 6.04 Å². The van der Waals surface area contributed by atoms with Crippen LogP contribution in [0.3, 0.4) is 0 Å². The summed E-state index contributed by atoms with van der Waals surface area (Å²) in [7, 11) is 0. The van der Waals surface area contributed by atoms with Crippen LogP contribution in [0.2, 0.25) is 0 Å². The lowest BCUT2D eigenvalue weighted by Gasteiger charge is -2.06. The molecule has 0 radical (unpaired) electrons. The molecular formula is C7H9N3O3. The van der Waals surface area contributed by atoms with E-state index in [0.717, 1.165) is 0 Å². The Morgan fingerprint density at radius 1 is 1.77 bits per heavy atom. The highest BCUT2D eigenvalue weighted by molar-refractivity contribution is 5.36. The number of pyridine rings is 1. The van der Waals surface area contributed by atoms with Gasteiger partial charge in [-0.2, -0.15) is 0 Å². The third kappa shape index (κ3) is 1.98. The van der Waals surface area contributed by atoms with Gasteiger partial charge in [0.05, 0.1) is 17.6 Å². The van der Waals surface area contributed by atoms with Gasteiger partial charge in [-0.3, -0.25) is 15.1 Å².